The van der Waals surface area contributed by atoms with E-state index < -0.39 is 0 Å². The fourth-order valence-electron chi connectivity index (χ4n) is 1.59. The Bertz CT molecular complexity index is 326. The summed E-state index contributed by atoms with van der Waals surface area (Å²) in [4.78, 5) is 4.66. The fraction of sp³-hybridized carbons (Fsp3) is 0.455. The van der Waals surface area contributed by atoms with Crippen LogP contribution in [-0.4, -0.2) is 14.2 Å². The quantitative estimate of drug-likeness (QED) is 0.752. The minimum atomic E-state index is 0.358. The van der Waals surface area contributed by atoms with Gasteiger partial charge in [-0.1, -0.05) is 6.92 Å². The summed E-state index contributed by atoms with van der Waals surface area (Å²) in [6.45, 7) is 2.42. The van der Waals surface area contributed by atoms with E-state index in [1.165, 1.54) is 0 Å². The molecule has 2 N–H and O–H groups in total. The first kappa shape index (κ1) is 11.8. The van der Waals surface area contributed by atoms with E-state index in [-0.39, 0.29) is 0 Å². The molecule has 84 valence electrons. The van der Waals surface area contributed by atoms with E-state index in [4.69, 9.17) is 15.4 Å². The van der Waals surface area contributed by atoms with Gasteiger partial charge in [0.15, 0.2) is 0 Å². The molecule has 4 nitrogen and oxygen atoms in total. The van der Waals surface area contributed by atoms with Crippen LogP contribution in [0, 0.1) is 0 Å². The first-order valence-electron chi connectivity index (χ1n) is 4.82. The number of hydrogen-bond donors (Lipinski definition) is 1. The lowest BCUT2D eigenvalue weighted by molar-refractivity contribution is 0.123. The predicted octanol–water partition coefficient (Wildman–Crippen LogP) is 1.66. The Balaban J connectivity index is 3.19. The van der Waals surface area contributed by atoms with Crippen LogP contribution < -0.4 is 15.4 Å². The molecule has 0 aliphatic carbocycles. The van der Waals surface area contributed by atoms with Gasteiger partial charge in [-0.3, -0.25) is 4.84 Å². The predicted molar refractivity (Wildman–Crippen MR) is 57.9 cm³/mol. The molecule has 0 unspecified atom stereocenters. The maximum atomic E-state index is 5.29. The monoisotopic (exact) mass is 211 g/mol. The Hall–Kier alpha value is -1.26. The number of hydrogen-bond acceptors (Lipinski definition) is 4. The molecule has 0 amide bonds. The number of nitrogens with two attached hydrogens (primary N) is 1. The Morgan fingerprint density at radius 2 is 1.93 bits per heavy atom. The third kappa shape index (κ3) is 2.61. The molecular weight excluding hydrogens is 194 g/mol. The van der Waals surface area contributed by atoms with Crippen LogP contribution in [0.5, 0.6) is 11.5 Å². The second-order valence-electron chi connectivity index (χ2n) is 3.13. The highest BCUT2D eigenvalue weighted by molar-refractivity contribution is 5.46. The maximum Gasteiger partial charge on any atom is 0.126 e. The second kappa shape index (κ2) is 5.58. The fourth-order valence-corrected chi connectivity index (χ4v) is 1.59. The van der Waals surface area contributed by atoms with E-state index in [9.17, 15) is 0 Å². The van der Waals surface area contributed by atoms with E-state index in [0.717, 1.165) is 29.0 Å². The van der Waals surface area contributed by atoms with E-state index >= 15 is 0 Å². The van der Waals surface area contributed by atoms with Crippen LogP contribution in [0.15, 0.2) is 12.1 Å². The number of ether oxygens (including phenoxy) is 2. The molecule has 0 radical (unpaired) electrons. The highest BCUT2D eigenvalue weighted by Gasteiger charge is 2.10. The van der Waals surface area contributed by atoms with Gasteiger partial charge in [-0.15, -0.1) is 0 Å². The topological polar surface area (TPSA) is 53.7 Å². The van der Waals surface area contributed by atoms with Crippen molar-refractivity contribution in [3.8, 4) is 11.5 Å². The standard InChI is InChI=1S/C11H17NO3/c1-4-10-8(7-15-12)5-9(13-2)6-11(10)14-3/h5-6H,4,7,12H2,1-3H3. The van der Waals surface area contributed by atoms with Gasteiger partial charge in [0.1, 0.15) is 11.5 Å². The van der Waals surface area contributed by atoms with Gasteiger partial charge in [-0.05, 0) is 23.6 Å². The number of benzene rings is 1. The Labute approximate surface area is 89.9 Å². The molecule has 1 aromatic rings. The van der Waals surface area contributed by atoms with Crippen molar-refractivity contribution in [2.75, 3.05) is 14.2 Å². The highest BCUT2D eigenvalue weighted by atomic mass is 16.6. The minimum Gasteiger partial charge on any atom is -0.497 e. The van der Waals surface area contributed by atoms with Crippen LogP contribution in [-0.2, 0) is 17.9 Å². The van der Waals surface area contributed by atoms with Gasteiger partial charge in [0.05, 0.1) is 20.8 Å². The van der Waals surface area contributed by atoms with Crippen LogP contribution in [0.1, 0.15) is 18.1 Å². The second-order valence-corrected chi connectivity index (χ2v) is 3.13. The normalized spacial score (nSPS) is 10.1. The van der Waals surface area contributed by atoms with Crippen LogP contribution in [0.25, 0.3) is 0 Å². The summed E-state index contributed by atoms with van der Waals surface area (Å²) in [5, 5.41) is 0. The van der Waals surface area contributed by atoms with Crippen molar-refractivity contribution >= 4 is 0 Å². The molecule has 0 aliphatic rings. The molecular formula is C11H17NO3. The average molecular weight is 211 g/mol. The van der Waals surface area contributed by atoms with Crippen LogP contribution in [0.3, 0.4) is 0 Å². The summed E-state index contributed by atoms with van der Waals surface area (Å²) in [5.74, 6) is 6.64. The van der Waals surface area contributed by atoms with E-state index in [0.29, 0.717) is 6.61 Å². The molecule has 0 saturated carbocycles. The molecule has 0 fully saturated rings. The van der Waals surface area contributed by atoms with Gasteiger partial charge < -0.3 is 9.47 Å². The lowest BCUT2D eigenvalue weighted by atomic mass is 10.0. The molecule has 0 aliphatic heterocycles. The number of rotatable bonds is 5. The number of methoxy groups -OCH3 is 2. The summed E-state index contributed by atoms with van der Waals surface area (Å²) in [5.41, 5.74) is 2.10. The summed E-state index contributed by atoms with van der Waals surface area (Å²) >= 11 is 0. The largest absolute Gasteiger partial charge is 0.497 e. The first-order valence-corrected chi connectivity index (χ1v) is 4.82. The van der Waals surface area contributed by atoms with Crippen molar-refractivity contribution in [3.63, 3.8) is 0 Å². The average Bonchev–Trinajstić information content (AvgIpc) is 2.28. The molecule has 0 saturated heterocycles. The summed E-state index contributed by atoms with van der Waals surface area (Å²) in [7, 11) is 3.26. The SMILES string of the molecule is CCc1c(CON)cc(OC)cc1OC. The van der Waals surface area contributed by atoms with Crippen molar-refractivity contribution < 1.29 is 14.3 Å². The lowest BCUT2D eigenvalue weighted by Crippen LogP contribution is -2.04. The van der Waals surface area contributed by atoms with Crippen molar-refractivity contribution in [1.82, 2.24) is 0 Å². The Kier molecular flexibility index (Phi) is 4.39. The molecule has 0 atom stereocenters. The lowest BCUT2D eigenvalue weighted by Gasteiger charge is -2.13. The molecule has 15 heavy (non-hydrogen) atoms. The zero-order valence-corrected chi connectivity index (χ0v) is 9.37. The van der Waals surface area contributed by atoms with E-state index in [1.54, 1.807) is 14.2 Å². The highest BCUT2D eigenvalue weighted by Crippen LogP contribution is 2.29. The van der Waals surface area contributed by atoms with Crippen LogP contribution in [0.2, 0.25) is 0 Å². The van der Waals surface area contributed by atoms with Gasteiger partial charge in [-0.25, -0.2) is 5.90 Å². The first-order chi connectivity index (χ1) is 7.26. The zero-order chi connectivity index (χ0) is 11.3. The molecule has 0 spiro atoms. The summed E-state index contributed by atoms with van der Waals surface area (Å²) < 4.78 is 10.5. The molecule has 1 aromatic carbocycles. The molecule has 4 heteroatoms. The minimum absolute atomic E-state index is 0.358. The van der Waals surface area contributed by atoms with Crippen molar-refractivity contribution in [1.29, 1.82) is 0 Å². The van der Waals surface area contributed by atoms with Gasteiger partial charge in [-0.2, -0.15) is 0 Å². The van der Waals surface area contributed by atoms with Gasteiger partial charge in [0, 0.05) is 6.07 Å². The van der Waals surface area contributed by atoms with Gasteiger partial charge in [0.25, 0.3) is 0 Å². The maximum absolute atomic E-state index is 5.29. The van der Waals surface area contributed by atoms with Gasteiger partial charge in [0.2, 0.25) is 0 Å². The zero-order valence-electron chi connectivity index (χ0n) is 9.37. The summed E-state index contributed by atoms with van der Waals surface area (Å²) in [6, 6.07) is 3.77. The van der Waals surface area contributed by atoms with Crippen molar-refractivity contribution in [3.05, 3.63) is 23.3 Å². The van der Waals surface area contributed by atoms with Crippen LogP contribution >= 0.6 is 0 Å². The van der Waals surface area contributed by atoms with E-state index in [2.05, 4.69) is 11.8 Å². The summed E-state index contributed by atoms with van der Waals surface area (Å²) in [6.07, 6.45) is 0.867. The molecule has 1 rings (SSSR count). The Morgan fingerprint density at radius 1 is 1.20 bits per heavy atom. The van der Waals surface area contributed by atoms with Gasteiger partial charge >= 0.3 is 0 Å². The smallest absolute Gasteiger partial charge is 0.126 e. The third-order valence-electron chi connectivity index (χ3n) is 2.32. The molecule has 0 aromatic heterocycles. The van der Waals surface area contributed by atoms with E-state index in [1.807, 2.05) is 12.1 Å². The van der Waals surface area contributed by atoms with Crippen molar-refractivity contribution in [2.24, 2.45) is 5.90 Å². The Morgan fingerprint density at radius 3 is 2.40 bits per heavy atom. The third-order valence-corrected chi connectivity index (χ3v) is 2.32. The van der Waals surface area contributed by atoms with Crippen LogP contribution in [0.4, 0.5) is 0 Å². The molecule has 0 heterocycles. The molecule has 0 bridgehead atoms. The van der Waals surface area contributed by atoms with Crippen molar-refractivity contribution in [2.45, 2.75) is 20.0 Å².